The zero-order valence-electron chi connectivity index (χ0n) is 19.5. The first-order valence-electron chi connectivity index (χ1n) is 11.2. The van der Waals surface area contributed by atoms with Gasteiger partial charge in [0.15, 0.2) is 15.5 Å². The van der Waals surface area contributed by atoms with Crippen molar-refractivity contribution in [1.82, 2.24) is 19.9 Å². The number of ether oxygens (including phenoxy) is 1. The summed E-state index contributed by atoms with van der Waals surface area (Å²) in [5.41, 5.74) is 1.22. The van der Waals surface area contributed by atoms with Gasteiger partial charge in [-0.25, -0.2) is 22.8 Å². The number of sulfone groups is 1. The topological polar surface area (TPSA) is 103 Å². The lowest BCUT2D eigenvalue weighted by Crippen LogP contribution is -2.47. The standard InChI is InChI=1S/C25H21F3N4O4S/c1-25(9-10-37(34,35)14-25)31-23(33)20-12-29-21-19(15-3-2-4-18(11-15)36-24(27)28)13-32(22(21)30-20)17-7-5-16(26)6-8-17/h2-8,11-13,24H,9-10,14H2,1H3,(H,31,33)/t25-/m0/s1. The minimum absolute atomic E-state index is 0.0143. The lowest BCUT2D eigenvalue weighted by Gasteiger charge is -2.23. The molecular weight excluding hydrogens is 509 g/mol. The van der Waals surface area contributed by atoms with E-state index in [0.717, 1.165) is 0 Å². The molecule has 2 aromatic heterocycles. The normalized spacial score (nSPS) is 18.8. The number of hydrogen-bond acceptors (Lipinski definition) is 6. The highest BCUT2D eigenvalue weighted by atomic mass is 32.2. The van der Waals surface area contributed by atoms with E-state index in [0.29, 0.717) is 22.3 Å². The summed E-state index contributed by atoms with van der Waals surface area (Å²) in [6.07, 6.45) is 3.21. The molecule has 1 atom stereocenters. The maximum Gasteiger partial charge on any atom is 0.387 e. The molecule has 1 saturated heterocycles. The van der Waals surface area contributed by atoms with Crippen molar-refractivity contribution in [3.8, 4) is 22.6 Å². The van der Waals surface area contributed by atoms with Crippen LogP contribution >= 0.6 is 0 Å². The highest BCUT2D eigenvalue weighted by Crippen LogP contribution is 2.33. The van der Waals surface area contributed by atoms with E-state index in [2.05, 4.69) is 20.0 Å². The van der Waals surface area contributed by atoms with Crippen LogP contribution in [0.25, 0.3) is 28.0 Å². The Labute approximate surface area is 210 Å². The van der Waals surface area contributed by atoms with Crippen molar-refractivity contribution < 1.29 is 31.1 Å². The van der Waals surface area contributed by atoms with Crippen molar-refractivity contribution in [1.29, 1.82) is 0 Å². The molecule has 3 heterocycles. The van der Waals surface area contributed by atoms with E-state index in [-0.39, 0.29) is 35.0 Å². The number of carbonyl (C=O) groups is 1. The summed E-state index contributed by atoms with van der Waals surface area (Å²) in [7, 11) is -3.24. The fraction of sp³-hybridized carbons (Fsp3) is 0.240. The fourth-order valence-electron chi connectivity index (χ4n) is 4.39. The minimum Gasteiger partial charge on any atom is -0.435 e. The predicted octanol–water partition coefficient (Wildman–Crippen LogP) is 4.14. The van der Waals surface area contributed by atoms with Gasteiger partial charge in [-0.15, -0.1) is 0 Å². The summed E-state index contributed by atoms with van der Waals surface area (Å²) < 4.78 is 69.1. The average Bonchev–Trinajstić information content (AvgIpc) is 3.35. The van der Waals surface area contributed by atoms with E-state index in [1.54, 1.807) is 29.8 Å². The van der Waals surface area contributed by atoms with Crippen LogP contribution in [-0.2, 0) is 9.84 Å². The van der Waals surface area contributed by atoms with Crippen LogP contribution < -0.4 is 10.1 Å². The van der Waals surface area contributed by atoms with Crippen molar-refractivity contribution in [2.75, 3.05) is 11.5 Å². The number of rotatable bonds is 6. The smallest absolute Gasteiger partial charge is 0.387 e. The van der Waals surface area contributed by atoms with E-state index in [1.807, 2.05) is 0 Å². The van der Waals surface area contributed by atoms with Crippen LogP contribution in [-0.4, -0.2) is 52.5 Å². The molecule has 2 aromatic carbocycles. The molecule has 4 aromatic rings. The molecule has 1 aliphatic heterocycles. The summed E-state index contributed by atoms with van der Waals surface area (Å²) in [4.78, 5) is 22.0. The van der Waals surface area contributed by atoms with Crippen molar-refractivity contribution in [3.05, 3.63) is 72.4 Å². The van der Waals surface area contributed by atoms with Gasteiger partial charge in [-0.2, -0.15) is 8.78 Å². The van der Waals surface area contributed by atoms with Crippen LogP contribution in [0, 0.1) is 5.82 Å². The fourth-order valence-corrected chi connectivity index (χ4v) is 6.49. The minimum atomic E-state index is -3.24. The van der Waals surface area contributed by atoms with Gasteiger partial charge in [0.1, 0.15) is 22.8 Å². The molecule has 0 unspecified atom stereocenters. The van der Waals surface area contributed by atoms with Crippen LogP contribution in [0.2, 0.25) is 0 Å². The van der Waals surface area contributed by atoms with E-state index in [4.69, 9.17) is 0 Å². The molecule has 12 heteroatoms. The second-order valence-corrected chi connectivity index (χ2v) is 11.3. The molecule has 1 N–H and O–H groups in total. The van der Waals surface area contributed by atoms with E-state index in [1.165, 1.54) is 42.6 Å². The van der Waals surface area contributed by atoms with Crippen LogP contribution in [0.1, 0.15) is 23.8 Å². The largest absolute Gasteiger partial charge is 0.435 e. The molecule has 5 rings (SSSR count). The maximum atomic E-state index is 13.6. The Kier molecular flexibility index (Phi) is 6.14. The van der Waals surface area contributed by atoms with Crippen LogP contribution in [0.4, 0.5) is 13.2 Å². The Bertz CT molecular complexity index is 1610. The van der Waals surface area contributed by atoms with Gasteiger partial charge >= 0.3 is 6.61 Å². The van der Waals surface area contributed by atoms with Crippen LogP contribution in [0.3, 0.4) is 0 Å². The third-order valence-corrected chi connectivity index (χ3v) is 8.02. The Morgan fingerprint density at radius 3 is 2.62 bits per heavy atom. The predicted molar refractivity (Wildman–Crippen MR) is 130 cm³/mol. The number of fused-ring (bicyclic) bond motifs is 1. The first kappa shape index (κ1) is 24.8. The second kappa shape index (κ2) is 9.18. The highest BCUT2D eigenvalue weighted by molar-refractivity contribution is 7.91. The second-order valence-electron chi connectivity index (χ2n) is 9.08. The van der Waals surface area contributed by atoms with Gasteiger partial charge in [-0.05, 0) is 55.3 Å². The van der Waals surface area contributed by atoms with Gasteiger partial charge in [-0.3, -0.25) is 9.36 Å². The third-order valence-electron chi connectivity index (χ3n) is 6.12. The lowest BCUT2D eigenvalue weighted by atomic mass is 10.0. The number of hydrogen-bond donors (Lipinski definition) is 1. The zero-order chi connectivity index (χ0) is 26.4. The summed E-state index contributed by atoms with van der Waals surface area (Å²) in [5, 5.41) is 2.76. The lowest BCUT2D eigenvalue weighted by molar-refractivity contribution is -0.0498. The van der Waals surface area contributed by atoms with Gasteiger partial charge in [0, 0.05) is 17.4 Å². The van der Waals surface area contributed by atoms with E-state index in [9.17, 15) is 26.4 Å². The van der Waals surface area contributed by atoms with Crippen molar-refractivity contribution in [2.45, 2.75) is 25.5 Å². The Morgan fingerprint density at radius 1 is 1.19 bits per heavy atom. The van der Waals surface area contributed by atoms with Crippen LogP contribution in [0.5, 0.6) is 5.75 Å². The maximum absolute atomic E-state index is 13.6. The van der Waals surface area contributed by atoms with E-state index < -0.39 is 33.7 Å². The number of amides is 1. The SMILES string of the molecule is C[C@]1(NC(=O)c2cnc3c(-c4cccc(OC(F)F)c4)cn(-c4ccc(F)cc4)c3n2)CCS(=O)(=O)C1. The number of carbonyl (C=O) groups excluding carboxylic acids is 1. The first-order valence-corrected chi connectivity index (χ1v) is 13.1. The molecule has 0 bridgehead atoms. The molecule has 1 fully saturated rings. The van der Waals surface area contributed by atoms with E-state index >= 15 is 0 Å². The third kappa shape index (κ3) is 5.15. The van der Waals surface area contributed by atoms with Crippen molar-refractivity contribution in [3.63, 3.8) is 0 Å². The molecule has 192 valence electrons. The highest BCUT2D eigenvalue weighted by Gasteiger charge is 2.39. The molecule has 8 nitrogen and oxygen atoms in total. The number of aromatic nitrogens is 3. The first-order chi connectivity index (χ1) is 17.5. The molecule has 37 heavy (non-hydrogen) atoms. The Balaban J connectivity index is 1.59. The van der Waals surface area contributed by atoms with Crippen molar-refractivity contribution in [2.24, 2.45) is 0 Å². The summed E-state index contributed by atoms with van der Waals surface area (Å²) in [5.74, 6) is -1.26. The summed E-state index contributed by atoms with van der Waals surface area (Å²) >= 11 is 0. The number of halogens is 3. The summed E-state index contributed by atoms with van der Waals surface area (Å²) in [6, 6.07) is 11.6. The number of benzene rings is 2. The molecule has 1 aliphatic rings. The van der Waals surface area contributed by atoms with Gasteiger partial charge in [0.05, 0.1) is 23.2 Å². The molecule has 1 amide bonds. The van der Waals surface area contributed by atoms with Gasteiger partial charge in [0.2, 0.25) is 0 Å². The molecular formula is C25H21F3N4O4S. The number of nitrogens with zero attached hydrogens (tertiary/aromatic N) is 3. The van der Waals surface area contributed by atoms with Crippen molar-refractivity contribution >= 4 is 26.9 Å². The molecule has 0 saturated carbocycles. The molecule has 0 spiro atoms. The quantitative estimate of drug-likeness (QED) is 0.402. The number of nitrogens with one attached hydrogen (secondary N) is 1. The average molecular weight is 531 g/mol. The molecule has 0 radical (unpaired) electrons. The van der Waals surface area contributed by atoms with Crippen LogP contribution in [0.15, 0.2) is 60.9 Å². The zero-order valence-corrected chi connectivity index (χ0v) is 20.3. The Morgan fingerprint density at radius 2 is 1.95 bits per heavy atom. The van der Waals surface area contributed by atoms with Gasteiger partial charge < -0.3 is 10.1 Å². The van der Waals surface area contributed by atoms with Gasteiger partial charge in [0.25, 0.3) is 5.91 Å². The van der Waals surface area contributed by atoms with Gasteiger partial charge in [-0.1, -0.05) is 12.1 Å². The Hall–Kier alpha value is -3.93. The summed E-state index contributed by atoms with van der Waals surface area (Å²) in [6.45, 7) is -1.33. The monoisotopic (exact) mass is 530 g/mol. The number of alkyl halides is 2. The molecule has 0 aliphatic carbocycles.